The largest absolute Gasteiger partial charge is 0.385 e. The van der Waals surface area contributed by atoms with Crippen LogP contribution in [0.15, 0.2) is 12.4 Å². The maximum absolute atomic E-state index is 13.4. The van der Waals surface area contributed by atoms with Crippen molar-refractivity contribution in [2.45, 2.75) is 50.2 Å². The first kappa shape index (κ1) is 14.9. The van der Waals surface area contributed by atoms with E-state index in [1.807, 2.05) is 0 Å². The van der Waals surface area contributed by atoms with Crippen molar-refractivity contribution in [1.29, 1.82) is 0 Å². The number of aliphatic hydroxyl groups is 1. The van der Waals surface area contributed by atoms with E-state index in [1.165, 1.54) is 0 Å². The third-order valence-electron chi connectivity index (χ3n) is 3.78. The Morgan fingerprint density at radius 3 is 2.95 bits per heavy atom. The number of carbonyl (C=O) groups excluding carboxylic acids is 1. The molecular weight excluding hydrogens is 268 g/mol. The Hall–Kier alpha value is -1.50. The summed E-state index contributed by atoms with van der Waals surface area (Å²) in [5.74, 6) is -4.00. The van der Waals surface area contributed by atoms with Crippen molar-refractivity contribution in [1.82, 2.24) is 15.1 Å². The monoisotopic (exact) mass is 287 g/mol. The number of rotatable bonds is 3. The molecule has 2 rings (SSSR count). The fourth-order valence-electron chi connectivity index (χ4n) is 2.43. The molecule has 1 saturated carbocycles. The molecule has 1 fully saturated rings. The summed E-state index contributed by atoms with van der Waals surface area (Å²) < 4.78 is 28.4. The number of carbonyl (C=O) groups is 1. The van der Waals surface area contributed by atoms with Crippen LogP contribution in [0.2, 0.25) is 0 Å². The van der Waals surface area contributed by atoms with Crippen molar-refractivity contribution in [2.24, 2.45) is 7.05 Å². The second kappa shape index (κ2) is 5.47. The highest BCUT2D eigenvalue weighted by Gasteiger charge is 2.46. The van der Waals surface area contributed by atoms with Crippen LogP contribution in [0.25, 0.3) is 0 Å². The molecule has 1 aromatic heterocycles. The van der Waals surface area contributed by atoms with Crippen molar-refractivity contribution in [3.63, 3.8) is 0 Å². The van der Waals surface area contributed by atoms with Gasteiger partial charge in [-0.2, -0.15) is 5.10 Å². The molecule has 0 saturated heterocycles. The summed E-state index contributed by atoms with van der Waals surface area (Å²) in [7, 11) is 1.74. The van der Waals surface area contributed by atoms with Gasteiger partial charge in [-0.1, -0.05) is 0 Å². The zero-order valence-electron chi connectivity index (χ0n) is 11.5. The van der Waals surface area contributed by atoms with Gasteiger partial charge in [0.05, 0.1) is 18.2 Å². The number of hydrogen-bond donors (Lipinski definition) is 2. The lowest BCUT2D eigenvalue weighted by atomic mass is 9.88. The van der Waals surface area contributed by atoms with Crippen molar-refractivity contribution in [2.75, 3.05) is 0 Å². The Morgan fingerprint density at radius 2 is 2.35 bits per heavy atom. The van der Waals surface area contributed by atoms with Crippen LogP contribution in [0.3, 0.4) is 0 Å². The standard InChI is InChI=1S/C13H19F2N3O2/c1-8(9-6-16-18(2)7-9)12(20)17-10-4-3-5-13(14,15)11(10)19/h6-8,10-11,19H,3-5H2,1-2H3,(H,17,20)/t8?,10-,11+/m1/s1. The first-order valence-electron chi connectivity index (χ1n) is 6.66. The SMILES string of the molecule is CC(C(=O)N[C@@H]1CCCC(F)(F)[C@H]1O)c1cnn(C)c1. The zero-order chi connectivity index (χ0) is 14.9. The Balaban J connectivity index is 2.00. The molecule has 2 N–H and O–H groups in total. The molecule has 112 valence electrons. The van der Waals surface area contributed by atoms with Gasteiger partial charge < -0.3 is 10.4 Å². The van der Waals surface area contributed by atoms with Crippen LogP contribution < -0.4 is 5.32 Å². The molecule has 1 aliphatic carbocycles. The molecule has 0 radical (unpaired) electrons. The van der Waals surface area contributed by atoms with Gasteiger partial charge in [-0.25, -0.2) is 8.78 Å². The fourth-order valence-corrected chi connectivity index (χ4v) is 2.43. The smallest absolute Gasteiger partial charge is 0.275 e. The van der Waals surface area contributed by atoms with Gasteiger partial charge in [-0.15, -0.1) is 0 Å². The van der Waals surface area contributed by atoms with Gasteiger partial charge in [0, 0.05) is 25.2 Å². The van der Waals surface area contributed by atoms with Gasteiger partial charge in [0.2, 0.25) is 5.91 Å². The lowest BCUT2D eigenvalue weighted by Crippen LogP contribution is -2.54. The number of halogens is 2. The molecule has 0 aromatic carbocycles. The molecule has 0 aliphatic heterocycles. The number of aromatic nitrogens is 2. The van der Waals surface area contributed by atoms with E-state index in [2.05, 4.69) is 10.4 Å². The normalized spacial score (nSPS) is 27.1. The van der Waals surface area contributed by atoms with E-state index in [0.717, 1.165) is 0 Å². The number of nitrogens with zero attached hydrogens (tertiary/aromatic N) is 2. The lowest BCUT2D eigenvalue weighted by Gasteiger charge is -2.35. The summed E-state index contributed by atoms with van der Waals surface area (Å²) in [5, 5.41) is 16.1. The molecule has 20 heavy (non-hydrogen) atoms. The van der Waals surface area contributed by atoms with Crippen molar-refractivity contribution in [3.05, 3.63) is 18.0 Å². The number of nitrogens with one attached hydrogen (secondary N) is 1. The van der Waals surface area contributed by atoms with Crippen LogP contribution in [0.4, 0.5) is 8.78 Å². The molecule has 1 aromatic rings. The van der Waals surface area contributed by atoms with Gasteiger partial charge in [-0.05, 0) is 19.8 Å². The minimum absolute atomic E-state index is 0.288. The first-order chi connectivity index (χ1) is 9.31. The van der Waals surface area contributed by atoms with E-state index in [0.29, 0.717) is 12.0 Å². The molecule has 1 amide bonds. The minimum Gasteiger partial charge on any atom is -0.385 e. The number of aliphatic hydroxyl groups excluding tert-OH is 1. The number of alkyl halides is 2. The zero-order valence-corrected chi connectivity index (χ0v) is 11.5. The van der Waals surface area contributed by atoms with E-state index in [4.69, 9.17) is 0 Å². The highest BCUT2D eigenvalue weighted by molar-refractivity contribution is 5.83. The van der Waals surface area contributed by atoms with Crippen molar-refractivity contribution >= 4 is 5.91 Å². The predicted molar refractivity (Wildman–Crippen MR) is 68.4 cm³/mol. The summed E-state index contributed by atoms with van der Waals surface area (Å²) in [5.41, 5.74) is 0.710. The summed E-state index contributed by atoms with van der Waals surface area (Å²) in [4.78, 5) is 12.1. The summed E-state index contributed by atoms with van der Waals surface area (Å²) in [6.45, 7) is 1.68. The predicted octanol–water partition coefficient (Wildman–Crippen LogP) is 1.19. The Bertz CT molecular complexity index is 490. The second-order valence-electron chi connectivity index (χ2n) is 5.38. The summed E-state index contributed by atoms with van der Waals surface area (Å²) >= 11 is 0. The van der Waals surface area contributed by atoms with E-state index in [9.17, 15) is 18.7 Å². The maximum Gasteiger partial charge on any atom is 0.275 e. The van der Waals surface area contributed by atoms with Crippen LogP contribution in [0.1, 0.15) is 37.7 Å². The van der Waals surface area contributed by atoms with E-state index in [1.54, 1.807) is 31.0 Å². The van der Waals surface area contributed by atoms with E-state index in [-0.39, 0.29) is 18.7 Å². The van der Waals surface area contributed by atoms with Gasteiger partial charge >= 0.3 is 0 Å². The van der Waals surface area contributed by atoms with Crippen molar-refractivity contribution < 1.29 is 18.7 Å². The number of hydrogen-bond acceptors (Lipinski definition) is 3. The number of aryl methyl sites for hydroxylation is 1. The van der Waals surface area contributed by atoms with Crippen LogP contribution in [-0.2, 0) is 11.8 Å². The Kier molecular flexibility index (Phi) is 4.08. The Morgan fingerprint density at radius 1 is 1.65 bits per heavy atom. The van der Waals surface area contributed by atoms with Gasteiger partial charge in [-0.3, -0.25) is 9.48 Å². The fraction of sp³-hybridized carbons (Fsp3) is 0.692. The van der Waals surface area contributed by atoms with Gasteiger partial charge in [0.25, 0.3) is 5.92 Å². The minimum atomic E-state index is -3.13. The quantitative estimate of drug-likeness (QED) is 0.877. The molecule has 1 unspecified atom stereocenters. The Labute approximate surface area is 116 Å². The van der Waals surface area contributed by atoms with Crippen LogP contribution in [0, 0.1) is 0 Å². The molecule has 0 spiro atoms. The van der Waals surface area contributed by atoms with E-state index >= 15 is 0 Å². The average molecular weight is 287 g/mol. The highest BCUT2D eigenvalue weighted by Crippen LogP contribution is 2.33. The molecule has 1 aliphatic rings. The number of amides is 1. The van der Waals surface area contributed by atoms with Crippen LogP contribution in [0.5, 0.6) is 0 Å². The summed E-state index contributed by atoms with van der Waals surface area (Å²) in [6.07, 6.45) is 1.77. The molecule has 3 atom stereocenters. The topological polar surface area (TPSA) is 67.2 Å². The van der Waals surface area contributed by atoms with E-state index < -0.39 is 24.0 Å². The second-order valence-corrected chi connectivity index (χ2v) is 5.38. The van der Waals surface area contributed by atoms with Gasteiger partial charge in [0.1, 0.15) is 6.10 Å². The molecule has 0 bridgehead atoms. The van der Waals surface area contributed by atoms with Crippen LogP contribution in [-0.4, -0.2) is 38.9 Å². The summed E-state index contributed by atoms with van der Waals surface area (Å²) in [6, 6.07) is -0.898. The lowest BCUT2D eigenvalue weighted by molar-refractivity contribution is -0.149. The molecule has 5 nitrogen and oxygen atoms in total. The highest BCUT2D eigenvalue weighted by atomic mass is 19.3. The van der Waals surface area contributed by atoms with Crippen molar-refractivity contribution in [3.8, 4) is 0 Å². The molecule has 7 heteroatoms. The third-order valence-corrected chi connectivity index (χ3v) is 3.78. The first-order valence-corrected chi connectivity index (χ1v) is 6.66. The average Bonchev–Trinajstić information content (AvgIpc) is 2.80. The maximum atomic E-state index is 13.4. The van der Waals surface area contributed by atoms with Crippen LogP contribution >= 0.6 is 0 Å². The van der Waals surface area contributed by atoms with Gasteiger partial charge in [0.15, 0.2) is 0 Å². The molecular formula is C13H19F2N3O2. The third kappa shape index (κ3) is 2.98. The molecule has 1 heterocycles.